The van der Waals surface area contributed by atoms with E-state index in [0.29, 0.717) is 32.1 Å². The number of rotatable bonds is 3. The van der Waals surface area contributed by atoms with Gasteiger partial charge in [0.15, 0.2) is 0 Å². The van der Waals surface area contributed by atoms with Crippen LogP contribution in [0.1, 0.15) is 24.1 Å². The molecule has 2 aliphatic rings. The molecule has 1 aliphatic heterocycles. The van der Waals surface area contributed by atoms with Gasteiger partial charge in [0.1, 0.15) is 0 Å². The number of piperazine rings is 1. The van der Waals surface area contributed by atoms with Crippen LogP contribution in [-0.2, 0) is 19.1 Å². The summed E-state index contributed by atoms with van der Waals surface area (Å²) in [5, 5.41) is 2.04. The van der Waals surface area contributed by atoms with Crippen LogP contribution in [0.25, 0.3) is 0 Å². The molecule has 1 aromatic heterocycles. The molecular formula is C16H20N2O4S. The third-order valence-electron chi connectivity index (χ3n) is 4.34. The number of esters is 1. The Balaban J connectivity index is 1.49. The monoisotopic (exact) mass is 336 g/mol. The lowest BCUT2D eigenvalue weighted by Crippen LogP contribution is -2.52. The highest BCUT2D eigenvalue weighted by molar-refractivity contribution is 7.10. The summed E-state index contributed by atoms with van der Waals surface area (Å²) in [4.78, 5) is 40.4. The second kappa shape index (κ2) is 6.70. The summed E-state index contributed by atoms with van der Waals surface area (Å²) < 4.78 is 4.73. The zero-order chi connectivity index (χ0) is 16.4. The largest absolute Gasteiger partial charge is 0.459 e. The Bertz CT molecular complexity index is 593. The fraction of sp³-hybridized carbons (Fsp3) is 0.562. The maximum absolute atomic E-state index is 12.5. The third-order valence-corrected chi connectivity index (χ3v) is 5.35. The van der Waals surface area contributed by atoms with Crippen LogP contribution in [0.4, 0.5) is 0 Å². The van der Waals surface area contributed by atoms with Gasteiger partial charge in [-0.15, -0.1) is 11.3 Å². The Kier molecular flexibility index (Phi) is 4.66. The van der Waals surface area contributed by atoms with Gasteiger partial charge in [-0.2, -0.15) is 0 Å². The average molecular weight is 336 g/mol. The van der Waals surface area contributed by atoms with E-state index in [2.05, 4.69) is 6.07 Å². The number of ether oxygens (including phenoxy) is 1. The first kappa shape index (κ1) is 16.0. The van der Waals surface area contributed by atoms with Gasteiger partial charge < -0.3 is 14.5 Å². The number of carbonyl (C=O) groups excluding carboxylic acids is 3. The van der Waals surface area contributed by atoms with E-state index in [9.17, 15) is 14.4 Å². The first-order valence-corrected chi connectivity index (χ1v) is 8.78. The minimum absolute atomic E-state index is 0.0842. The summed E-state index contributed by atoms with van der Waals surface area (Å²) in [5.41, 5.74) is 0. The quantitative estimate of drug-likeness (QED) is 0.612. The number of hydrogen-bond acceptors (Lipinski definition) is 5. The van der Waals surface area contributed by atoms with E-state index in [1.807, 2.05) is 16.3 Å². The van der Waals surface area contributed by atoms with Gasteiger partial charge in [0, 0.05) is 42.9 Å². The lowest BCUT2D eigenvalue weighted by atomic mass is 10.2. The van der Waals surface area contributed by atoms with Crippen molar-refractivity contribution < 1.29 is 19.1 Å². The van der Waals surface area contributed by atoms with Gasteiger partial charge >= 0.3 is 11.9 Å². The molecule has 0 N–H and O–H groups in total. The van der Waals surface area contributed by atoms with E-state index in [4.69, 9.17) is 4.74 Å². The summed E-state index contributed by atoms with van der Waals surface area (Å²) in [7, 11) is 0. The summed E-state index contributed by atoms with van der Waals surface area (Å²) >= 11 is 1.70. The molecule has 1 aromatic rings. The lowest BCUT2D eigenvalue weighted by Gasteiger charge is -2.34. The molecule has 124 valence electrons. The van der Waals surface area contributed by atoms with E-state index in [1.165, 1.54) is 9.78 Å². The standard InChI is InChI=1S/C16H20N2O4S/c1-2-22-16(21)15(20)18-7-5-17(6-8-18)14(19)12-10-11(12)13-4-3-9-23-13/h3-4,9,11-12H,2,5-8,10H2,1H3/t11-,12-/m0/s1. The first-order chi connectivity index (χ1) is 11.1. The number of hydrogen-bond donors (Lipinski definition) is 0. The topological polar surface area (TPSA) is 66.9 Å². The molecule has 0 aromatic carbocycles. The molecule has 3 rings (SSSR count). The van der Waals surface area contributed by atoms with Crippen molar-refractivity contribution in [3.05, 3.63) is 22.4 Å². The predicted molar refractivity (Wildman–Crippen MR) is 85.0 cm³/mol. The zero-order valence-electron chi connectivity index (χ0n) is 13.1. The van der Waals surface area contributed by atoms with E-state index in [1.54, 1.807) is 18.3 Å². The Hall–Kier alpha value is -1.89. The number of thiophene rings is 1. The molecule has 0 spiro atoms. The zero-order valence-corrected chi connectivity index (χ0v) is 13.9. The molecular weight excluding hydrogens is 316 g/mol. The van der Waals surface area contributed by atoms with Crippen LogP contribution < -0.4 is 0 Å². The van der Waals surface area contributed by atoms with Crippen LogP contribution >= 0.6 is 11.3 Å². The molecule has 1 saturated heterocycles. The molecule has 23 heavy (non-hydrogen) atoms. The smallest absolute Gasteiger partial charge is 0.397 e. The lowest BCUT2D eigenvalue weighted by molar-refractivity contribution is -0.161. The molecule has 7 heteroatoms. The van der Waals surface area contributed by atoms with Crippen molar-refractivity contribution in [3.63, 3.8) is 0 Å². The molecule has 2 heterocycles. The highest BCUT2D eigenvalue weighted by atomic mass is 32.1. The molecule has 2 fully saturated rings. The van der Waals surface area contributed by atoms with Crippen LogP contribution in [0, 0.1) is 5.92 Å². The van der Waals surface area contributed by atoms with E-state index >= 15 is 0 Å². The van der Waals surface area contributed by atoms with Gasteiger partial charge in [0.25, 0.3) is 0 Å². The molecule has 0 bridgehead atoms. The Morgan fingerprint density at radius 2 is 1.91 bits per heavy atom. The van der Waals surface area contributed by atoms with Crippen LogP contribution in [0.3, 0.4) is 0 Å². The average Bonchev–Trinajstić information content (AvgIpc) is 3.18. The van der Waals surface area contributed by atoms with Crippen molar-refractivity contribution in [1.82, 2.24) is 9.80 Å². The second-order valence-corrected chi connectivity index (χ2v) is 6.78. The van der Waals surface area contributed by atoms with E-state index < -0.39 is 11.9 Å². The SMILES string of the molecule is CCOC(=O)C(=O)N1CCN(C(=O)[C@H]2C[C@@H]2c2cccs2)CC1. The van der Waals surface area contributed by atoms with Gasteiger partial charge in [0.05, 0.1) is 6.61 Å². The minimum Gasteiger partial charge on any atom is -0.459 e. The van der Waals surface area contributed by atoms with Crippen molar-refractivity contribution in [2.75, 3.05) is 32.8 Å². The number of carbonyl (C=O) groups is 3. The number of amides is 2. The Morgan fingerprint density at radius 1 is 1.22 bits per heavy atom. The second-order valence-electron chi connectivity index (χ2n) is 5.80. The van der Waals surface area contributed by atoms with Crippen molar-refractivity contribution >= 4 is 29.1 Å². The maximum atomic E-state index is 12.5. The fourth-order valence-electron chi connectivity index (χ4n) is 2.97. The van der Waals surface area contributed by atoms with Crippen LogP contribution in [0.2, 0.25) is 0 Å². The fourth-order valence-corrected chi connectivity index (χ4v) is 3.88. The van der Waals surface area contributed by atoms with E-state index in [0.717, 1.165) is 6.42 Å². The van der Waals surface area contributed by atoms with Gasteiger partial charge in [-0.1, -0.05) is 6.07 Å². The summed E-state index contributed by atoms with van der Waals surface area (Å²) in [6.07, 6.45) is 0.918. The van der Waals surface area contributed by atoms with Crippen LogP contribution in [0.5, 0.6) is 0 Å². The van der Waals surface area contributed by atoms with Gasteiger partial charge in [-0.25, -0.2) is 4.79 Å². The van der Waals surface area contributed by atoms with Crippen LogP contribution in [-0.4, -0.2) is 60.4 Å². The van der Waals surface area contributed by atoms with Gasteiger partial charge in [0.2, 0.25) is 5.91 Å². The Labute approximate surface area is 139 Å². The maximum Gasteiger partial charge on any atom is 0.397 e. The Morgan fingerprint density at radius 3 is 2.52 bits per heavy atom. The number of nitrogens with zero attached hydrogens (tertiary/aromatic N) is 2. The molecule has 0 unspecified atom stereocenters. The minimum atomic E-state index is -0.813. The molecule has 2 atom stereocenters. The summed E-state index contributed by atoms with van der Waals surface area (Å²) in [5.74, 6) is -0.802. The summed E-state index contributed by atoms with van der Waals surface area (Å²) in [6.45, 7) is 3.60. The predicted octanol–water partition coefficient (Wildman–Crippen LogP) is 1.09. The highest BCUT2D eigenvalue weighted by Gasteiger charge is 2.46. The van der Waals surface area contributed by atoms with Gasteiger partial charge in [-0.05, 0) is 24.8 Å². The summed E-state index contributed by atoms with van der Waals surface area (Å²) in [6, 6.07) is 4.10. The first-order valence-electron chi connectivity index (χ1n) is 7.90. The van der Waals surface area contributed by atoms with Crippen molar-refractivity contribution in [3.8, 4) is 0 Å². The normalized spacial score (nSPS) is 23.5. The molecule has 0 radical (unpaired) electrons. The molecule has 6 nitrogen and oxygen atoms in total. The van der Waals surface area contributed by atoms with Crippen molar-refractivity contribution in [1.29, 1.82) is 0 Å². The molecule has 1 aliphatic carbocycles. The molecule has 1 saturated carbocycles. The van der Waals surface area contributed by atoms with Gasteiger partial charge in [-0.3, -0.25) is 9.59 Å². The van der Waals surface area contributed by atoms with Crippen molar-refractivity contribution in [2.24, 2.45) is 5.92 Å². The third kappa shape index (κ3) is 3.39. The molecule has 2 amide bonds. The van der Waals surface area contributed by atoms with E-state index in [-0.39, 0.29) is 18.4 Å². The van der Waals surface area contributed by atoms with Crippen LogP contribution in [0.15, 0.2) is 17.5 Å². The highest BCUT2D eigenvalue weighted by Crippen LogP contribution is 2.50. The van der Waals surface area contributed by atoms with Crippen molar-refractivity contribution in [2.45, 2.75) is 19.3 Å².